The summed E-state index contributed by atoms with van der Waals surface area (Å²) >= 11 is 6.92. The first kappa shape index (κ1) is 9.30. The number of aromatic hydroxyl groups is 1. The molecule has 2 aromatic rings. The lowest BCUT2D eigenvalue weighted by atomic mass is 10.3. The fourth-order valence-electron chi connectivity index (χ4n) is 0.935. The summed E-state index contributed by atoms with van der Waals surface area (Å²) in [5.41, 5.74) is 0. The van der Waals surface area contributed by atoms with E-state index in [9.17, 15) is 5.11 Å². The predicted octanol–water partition coefficient (Wildman–Crippen LogP) is 3.29. The Bertz CT molecular complexity index is 444. The smallest absolute Gasteiger partial charge is 0.280 e. The first-order valence-electron chi connectivity index (χ1n) is 3.82. The molecule has 72 valence electrons. The molecule has 14 heavy (non-hydrogen) atoms. The van der Waals surface area contributed by atoms with E-state index in [2.05, 4.69) is 4.98 Å². The van der Waals surface area contributed by atoms with Crippen LogP contribution < -0.4 is 4.74 Å². The molecule has 0 saturated heterocycles. The summed E-state index contributed by atoms with van der Waals surface area (Å²) < 4.78 is 5.91. The van der Waals surface area contributed by atoms with Gasteiger partial charge in [0.25, 0.3) is 5.19 Å². The minimum absolute atomic E-state index is 0.158. The molecule has 0 saturated carbocycles. The summed E-state index contributed by atoms with van der Waals surface area (Å²) in [4.78, 5) is 3.92. The zero-order valence-electron chi connectivity index (χ0n) is 6.98. The molecule has 1 N–H and O–H groups in total. The van der Waals surface area contributed by atoms with Gasteiger partial charge in [0, 0.05) is 6.07 Å². The van der Waals surface area contributed by atoms with E-state index in [4.69, 9.17) is 16.3 Å². The number of nitrogens with zero attached hydrogens (tertiary/aromatic N) is 1. The van der Waals surface area contributed by atoms with E-state index in [0.29, 0.717) is 15.3 Å². The van der Waals surface area contributed by atoms with Crippen molar-refractivity contribution in [2.75, 3.05) is 0 Å². The van der Waals surface area contributed by atoms with Crippen LogP contribution in [-0.2, 0) is 0 Å². The lowest BCUT2D eigenvalue weighted by molar-refractivity contribution is 0.454. The highest BCUT2D eigenvalue weighted by atomic mass is 35.5. The van der Waals surface area contributed by atoms with Crippen LogP contribution in [0.25, 0.3) is 0 Å². The first-order valence-corrected chi connectivity index (χ1v) is 5.02. The molecule has 0 bridgehead atoms. The molecule has 5 heteroatoms. The summed E-state index contributed by atoms with van der Waals surface area (Å²) in [7, 11) is 0. The van der Waals surface area contributed by atoms with Gasteiger partial charge in [-0.2, -0.15) is 0 Å². The Morgan fingerprint density at radius 3 is 2.93 bits per heavy atom. The van der Waals surface area contributed by atoms with Crippen LogP contribution in [0.4, 0.5) is 0 Å². The predicted molar refractivity (Wildman–Crippen MR) is 55.3 cm³/mol. The fourth-order valence-corrected chi connectivity index (χ4v) is 1.70. The lowest BCUT2D eigenvalue weighted by Crippen LogP contribution is -1.81. The summed E-state index contributed by atoms with van der Waals surface area (Å²) in [6, 6.07) is 6.51. The van der Waals surface area contributed by atoms with E-state index in [0.717, 1.165) is 0 Å². The second kappa shape index (κ2) is 3.86. The molecule has 1 aromatic heterocycles. The molecular formula is C9H6ClNO2S. The van der Waals surface area contributed by atoms with Crippen molar-refractivity contribution in [1.29, 1.82) is 0 Å². The molecular weight excluding hydrogens is 222 g/mol. The summed E-state index contributed by atoms with van der Waals surface area (Å²) in [6.07, 6.45) is 1.52. The van der Waals surface area contributed by atoms with E-state index in [1.54, 1.807) is 18.2 Å². The first-order chi connectivity index (χ1) is 6.74. The number of halogens is 1. The highest BCUT2D eigenvalue weighted by molar-refractivity contribution is 7.17. The molecule has 3 nitrogen and oxygen atoms in total. The largest absolute Gasteiger partial charge is 0.508 e. The van der Waals surface area contributed by atoms with Crippen molar-refractivity contribution in [3.63, 3.8) is 0 Å². The molecule has 0 amide bonds. The zero-order valence-corrected chi connectivity index (χ0v) is 8.55. The molecule has 2 rings (SSSR count). The maximum atomic E-state index is 9.17. The van der Waals surface area contributed by atoms with Crippen LogP contribution in [0.2, 0.25) is 4.34 Å². The van der Waals surface area contributed by atoms with Crippen molar-refractivity contribution < 1.29 is 9.84 Å². The van der Waals surface area contributed by atoms with Gasteiger partial charge in [-0.15, -0.1) is 0 Å². The van der Waals surface area contributed by atoms with Crippen LogP contribution in [-0.4, -0.2) is 10.1 Å². The van der Waals surface area contributed by atoms with E-state index < -0.39 is 0 Å². The molecule has 0 aliphatic rings. The number of benzene rings is 1. The molecule has 0 fully saturated rings. The maximum Gasteiger partial charge on any atom is 0.280 e. The number of hydrogen-bond acceptors (Lipinski definition) is 4. The number of thiazole rings is 1. The molecule has 0 unspecified atom stereocenters. The van der Waals surface area contributed by atoms with E-state index in [1.807, 2.05) is 0 Å². The van der Waals surface area contributed by atoms with Crippen LogP contribution in [0, 0.1) is 0 Å². The molecule has 0 aliphatic heterocycles. The number of phenolic OH excluding ortho intramolecular Hbond substituents is 1. The van der Waals surface area contributed by atoms with Gasteiger partial charge in [-0.05, 0) is 12.1 Å². The third-order valence-corrected chi connectivity index (χ3v) is 2.47. The van der Waals surface area contributed by atoms with Gasteiger partial charge in [-0.3, -0.25) is 0 Å². The molecule has 0 aliphatic carbocycles. The van der Waals surface area contributed by atoms with Gasteiger partial charge in [-0.25, -0.2) is 4.98 Å². The van der Waals surface area contributed by atoms with Crippen LogP contribution in [0.3, 0.4) is 0 Å². The summed E-state index contributed by atoms with van der Waals surface area (Å²) in [5.74, 6) is 0.696. The van der Waals surface area contributed by atoms with Crippen molar-refractivity contribution in [2.24, 2.45) is 0 Å². The Morgan fingerprint density at radius 2 is 2.29 bits per heavy atom. The molecule has 1 heterocycles. The molecule has 0 atom stereocenters. The Labute approximate surface area is 89.6 Å². The van der Waals surface area contributed by atoms with Crippen molar-refractivity contribution in [2.45, 2.75) is 0 Å². The topological polar surface area (TPSA) is 42.4 Å². The van der Waals surface area contributed by atoms with Crippen molar-refractivity contribution in [1.82, 2.24) is 4.98 Å². The summed E-state index contributed by atoms with van der Waals surface area (Å²) in [6.45, 7) is 0. The normalized spacial score (nSPS) is 10.1. The fraction of sp³-hybridized carbons (Fsp3) is 0. The Balaban J connectivity index is 2.18. The SMILES string of the molecule is Oc1cccc(Oc2ncc(Cl)s2)c1. The average molecular weight is 228 g/mol. The van der Waals surface area contributed by atoms with Gasteiger partial charge in [-0.1, -0.05) is 29.0 Å². The Kier molecular flexibility index (Phi) is 2.56. The number of hydrogen-bond donors (Lipinski definition) is 1. The van der Waals surface area contributed by atoms with Crippen molar-refractivity contribution >= 4 is 22.9 Å². The Morgan fingerprint density at radius 1 is 1.43 bits per heavy atom. The highest BCUT2D eigenvalue weighted by Crippen LogP contribution is 2.30. The third-order valence-electron chi connectivity index (χ3n) is 1.48. The van der Waals surface area contributed by atoms with Crippen molar-refractivity contribution in [3.8, 4) is 16.7 Å². The van der Waals surface area contributed by atoms with Crippen LogP contribution in [0.5, 0.6) is 16.7 Å². The van der Waals surface area contributed by atoms with Crippen LogP contribution in [0.1, 0.15) is 0 Å². The number of phenols is 1. The van der Waals surface area contributed by atoms with E-state index in [1.165, 1.54) is 23.6 Å². The van der Waals surface area contributed by atoms with Crippen LogP contribution >= 0.6 is 22.9 Å². The van der Waals surface area contributed by atoms with E-state index in [-0.39, 0.29) is 5.75 Å². The van der Waals surface area contributed by atoms with Gasteiger partial charge < -0.3 is 9.84 Å². The van der Waals surface area contributed by atoms with Gasteiger partial charge in [0.15, 0.2) is 0 Å². The average Bonchev–Trinajstić information content (AvgIpc) is 2.51. The highest BCUT2D eigenvalue weighted by Gasteiger charge is 2.02. The molecule has 0 radical (unpaired) electrons. The lowest BCUT2D eigenvalue weighted by Gasteiger charge is -2.00. The van der Waals surface area contributed by atoms with Crippen molar-refractivity contribution in [3.05, 3.63) is 34.8 Å². The quantitative estimate of drug-likeness (QED) is 0.856. The maximum absolute atomic E-state index is 9.17. The van der Waals surface area contributed by atoms with E-state index >= 15 is 0 Å². The standard InChI is InChI=1S/C9H6ClNO2S/c10-8-5-11-9(14-8)13-7-3-1-2-6(12)4-7/h1-5,12H. The van der Waals surface area contributed by atoms with Crippen LogP contribution in [0.15, 0.2) is 30.5 Å². The summed E-state index contributed by atoms with van der Waals surface area (Å²) in [5, 5.41) is 9.63. The number of rotatable bonds is 2. The zero-order chi connectivity index (χ0) is 9.97. The van der Waals surface area contributed by atoms with Gasteiger partial charge in [0.1, 0.15) is 15.8 Å². The van der Waals surface area contributed by atoms with Gasteiger partial charge in [0.05, 0.1) is 6.20 Å². The molecule has 0 spiro atoms. The number of ether oxygens (including phenoxy) is 1. The monoisotopic (exact) mass is 227 g/mol. The van der Waals surface area contributed by atoms with Gasteiger partial charge >= 0.3 is 0 Å². The second-order valence-corrected chi connectivity index (χ2v) is 4.15. The minimum atomic E-state index is 0.158. The second-order valence-electron chi connectivity index (χ2n) is 2.53. The Hall–Kier alpha value is -1.26. The minimum Gasteiger partial charge on any atom is -0.508 e. The molecule has 1 aromatic carbocycles. The number of aromatic nitrogens is 1. The third kappa shape index (κ3) is 2.16. The van der Waals surface area contributed by atoms with Gasteiger partial charge in [0.2, 0.25) is 0 Å².